The number of piperidine rings is 1. The third kappa shape index (κ3) is 5.65. The van der Waals surface area contributed by atoms with Gasteiger partial charge in [0.25, 0.3) is 11.5 Å². The number of hydrogen-bond donors (Lipinski definition) is 2. The number of rotatable bonds is 6. The van der Waals surface area contributed by atoms with Gasteiger partial charge in [-0.2, -0.15) is 0 Å². The Morgan fingerprint density at radius 2 is 1.87 bits per heavy atom. The average molecular weight is 541 g/mol. The lowest BCUT2D eigenvalue weighted by atomic mass is 9.77. The van der Waals surface area contributed by atoms with Crippen molar-refractivity contribution in [1.29, 1.82) is 0 Å². The number of benzene rings is 1. The Morgan fingerprint density at radius 1 is 1.15 bits per heavy atom. The summed E-state index contributed by atoms with van der Waals surface area (Å²) in [7, 11) is 0. The third-order valence-corrected chi connectivity index (χ3v) is 8.30. The monoisotopic (exact) mass is 540 g/mol. The minimum atomic E-state index is -1.29. The van der Waals surface area contributed by atoms with Gasteiger partial charge in [0.2, 0.25) is 5.91 Å². The maximum absolute atomic E-state index is 13.2. The average Bonchev–Trinajstić information content (AvgIpc) is 3.33. The number of nitrogens with one attached hydrogen (secondary N) is 1. The molecule has 0 aliphatic carbocycles. The van der Waals surface area contributed by atoms with Gasteiger partial charge in [-0.1, -0.05) is 0 Å². The van der Waals surface area contributed by atoms with Crippen molar-refractivity contribution in [3.8, 4) is 5.75 Å². The fourth-order valence-electron chi connectivity index (χ4n) is 5.80. The van der Waals surface area contributed by atoms with Crippen LogP contribution >= 0.6 is 0 Å². The molecule has 11 heteroatoms. The first-order valence-electron chi connectivity index (χ1n) is 13.6. The van der Waals surface area contributed by atoms with E-state index < -0.39 is 28.5 Å². The molecule has 3 saturated heterocycles. The number of aliphatic hydroxyl groups is 1. The summed E-state index contributed by atoms with van der Waals surface area (Å²) in [6.07, 6.45) is 4.53. The van der Waals surface area contributed by atoms with E-state index in [0.717, 1.165) is 13.0 Å². The van der Waals surface area contributed by atoms with Gasteiger partial charge < -0.3 is 24.4 Å². The van der Waals surface area contributed by atoms with Crippen molar-refractivity contribution < 1.29 is 24.2 Å². The molecular formula is C28H36N4O7. The molecule has 2 amide bonds. The van der Waals surface area contributed by atoms with Crippen molar-refractivity contribution in [3.63, 3.8) is 0 Å². The van der Waals surface area contributed by atoms with Crippen LogP contribution in [0.3, 0.4) is 0 Å². The highest BCUT2D eigenvalue weighted by molar-refractivity contribution is 5.94. The van der Waals surface area contributed by atoms with E-state index in [1.165, 1.54) is 10.8 Å². The Labute approximate surface area is 226 Å². The Bertz CT molecular complexity index is 1340. The summed E-state index contributed by atoms with van der Waals surface area (Å²) in [6, 6.07) is 6.46. The van der Waals surface area contributed by atoms with Crippen LogP contribution in [0.5, 0.6) is 5.75 Å². The predicted molar refractivity (Wildman–Crippen MR) is 142 cm³/mol. The molecule has 0 saturated carbocycles. The summed E-state index contributed by atoms with van der Waals surface area (Å²) in [5.41, 5.74) is -1.92. The van der Waals surface area contributed by atoms with E-state index in [0.29, 0.717) is 68.8 Å². The van der Waals surface area contributed by atoms with Crippen LogP contribution in [-0.4, -0.2) is 86.9 Å². The number of likely N-dealkylation sites (tertiary alicyclic amines) is 2. The van der Waals surface area contributed by atoms with E-state index in [2.05, 4.69) is 4.98 Å². The van der Waals surface area contributed by atoms with Crippen LogP contribution in [0.2, 0.25) is 0 Å². The number of hydrogen-bond acceptors (Lipinski definition) is 7. The zero-order valence-electron chi connectivity index (χ0n) is 22.5. The molecule has 3 aliphatic rings. The van der Waals surface area contributed by atoms with Crippen molar-refractivity contribution in [1.82, 2.24) is 19.4 Å². The van der Waals surface area contributed by atoms with Gasteiger partial charge in [-0.25, -0.2) is 4.79 Å². The van der Waals surface area contributed by atoms with Crippen molar-refractivity contribution in [2.24, 2.45) is 0 Å². The second-order valence-electron chi connectivity index (χ2n) is 11.2. The van der Waals surface area contributed by atoms with Gasteiger partial charge in [-0.05, 0) is 57.4 Å². The maximum Gasteiger partial charge on any atom is 0.328 e. The zero-order chi connectivity index (χ0) is 27.8. The molecule has 2 N–H and O–H groups in total. The summed E-state index contributed by atoms with van der Waals surface area (Å²) in [4.78, 5) is 55.3. The van der Waals surface area contributed by atoms with Crippen LogP contribution in [0.25, 0.3) is 0 Å². The first kappa shape index (κ1) is 27.1. The van der Waals surface area contributed by atoms with Gasteiger partial charge >= 0.3 is 5.69 Å². The summed E-state index contributed by atoms with van der Waals surface area (Å²) < 4.78 is 13.3. The number of H-pyrrole nitrogens is 1. The quantitative estimate of drug-likeness (QED) is 0.563. The number of aromatic nitrogens is 2. The van der Waals surface area contributed by atoms with Gasteiger partial charge in [0.1, 0.15) is 18.0 Å². The minimum absolute atomic E-state index is 0.0452. The molecule has 5 rings (SSSR count). The number of amides is 2. The topological polar surface area (TPSA) is 134 Å². The maximum atomic E-state index is 13.2. The number of carbonyl (C=O) groups is 2. The standard InChI is InChI=1S/C28H36N4O7/c1-19-17-32(26(36)29-24(19)34)22-16-28(39-18-27(22,2)37)9-12-31(13-10-28)25(35)20-5-7-21(8-6-20)38-15-14-30-11-3-4-23(30)33/h5-8,17,22,37H,3-4,9-16,18H2,1-2H3,(H,29,34,36)/t22-,27-/m0/s1. The Hall–Kier alpha value is -3.44. The summed E-state index contributed by atoms with van der Waals surface area (Å²) in [5.74, 6) is 0.742. The summed E-state index contributed by atoms with van der Waals surface area (Å²) in [6.45, 7) is 6.01. The molecule has 3 aliphatic heterocycles. The molecule has 2 aromatic rings. The molecule has 1 aromatic carbocycles. The Balaban J connectivity index is 1.19. The highest BCUT2D eigenvalue weighted by Gasteiger charge is 2.49. The molecular weight excluding hydrogens is 504 g/mol. The number of nitrogens with zero attached hydrogens (tertiary/aromatic N) is 3. The Kier molecular flexibility index (Phi) is 7.39. The lowest BCUT2D eigenvalue weighted by molar-refractivity contribution is -0.199. The van der Waals surface area contributed by atoms with E-state index in [-0.39, 0.29) is 18.4 Å². The van der Waals surface area contributed by atoms with E-state index in [9.17, 15) is 24.3 Å². The zero-order valence-corrected chi connectivity index (χ0v) is 22.5. The normalized spacial score (nSPS) is 24.8. The molecule has 39 heavy (non-hydrogen) atoms. The van der Waals surface area contributed by atoms with E-state index in [4.69, 9.17) is 9.47 Å². The lowest BCUT2D eigenvalue weighted by Crippen LogP contribution is -2.59. The Morgan fingerprint density at radius 3 is 2.54 bits per heavy atom. The summed E-state index contributed by atoms with van der Waals surface area (Å²) >= 11 is 0. The molecule has 4 heterocycles. The second-order valence-corrected chi connectivity index (χ2v) is 11.2. The van der Waals surface area contributed by atoms with Crippen LogP contribution in [0.1, 0.15) is 61.0 Å². The lowest BCUT2D eigenvalue weighted by Gasteiger charge is -2.51. The van der Waals surface area contributed by atoms with Crippen molar-refractivity contribution in [3.05, 3.63) is 62.4 Å². The van der Waals surface area contributed by atoms with E-state index >= 15 is 0 Å². The highest BCUT2D eigenvalue weighted by atomic mass is 16.5. The molecule has 1 aromatic heterocycles. The van der Waals surface area contributed by atoms with Crippen molar-refractivity contribution in [2.45, 2.75) is 63.2 Å². The van der Waals surface area contributed by atoms with Crippen LogP contribution in [0.4, 0.5) is 0 Å². The van der Waals surface area contributed by atoms with Crippen LogP contribution in [0.15, 0.2) is 40.1 Å². The number of carbonyl (C=O) groups excluding carboxylic acids is 2. The molecule has 0 unspecified atom stereocenters. The smallest absolute Gasteiger partial charge is 0.328 e. The second kappa shape index (κ2) is 10.6. The molecule has 210 valence electrons. The number of aryl methyl sites for hydroxylation is 1. The van der Waals surface area contributed by atoms with Gasteiger partial charge in [0, 0.05) is 49.8 Å². The summed E-state index contributed by atoms with van der Waals surface area (Å²) in [5, 5.41) is 11.0. The van der Waals surface area contributed by atoms with Gasteiger partial charge in [0.05, 0.1) is 24.8 Å². The number of ether oxygens (including phenoxy) is 2. The first-order valence-corrected chi connectivity index (χ1v) is 13.6. The van der Waals surface area contributed by atoms with E-state index in [1.807, 2.05) is 0 Å². The van der Waals surface area contributed by atoms with Crippen LogP contribution in [0, 0.1) is 6.92 Å². The fraction of sp³-hybridized carbons (Fsp3) is 0.571. The van der Waals surface area contributed by atoms with Crippen LogP contribution < -0.4 is 16.0 Å². The molecule has 11 nitrogen and oxygen atoms in total. The molecule has 0 bridgehead atoms. The predicted octanol–water partition coefficient (Wildman–Crippen LogP) is 1.23. The van der Waals surface area contributed by atoms with Crippen molar-refractivity contribution >= 4 is 11.8 Å². The SMILES string of the molecule is Cc1cn([C@H]2CC3(CCN(C(=O)c4ccc(OCCN5CCCC5=O)cc4)CC3)OC[C@]2(C)O)c(=O)[nH]c1=O. The van der Waals surface area contributed by atoms with Gasteiger partial charge in [0.15, 0.2) is 0 Å². The first-order chi connectivity index (χ1) is 18.6. The largest absolute Gasteiger partial charge is 0.492 e. The van der Waals surface area contributed by atoms with Crippen LogP contribution in [-0.2, 0) is 9.53 Å². The molecule has 0 radical (unpaired) electrons. The highest BCUT2D eigenvalue weighted by Crippen LogP contribution is 2.43. The molecule has 2 atom stereocenters. The molecule has 3 fully saturated rings. The minimum Gasteiger partial charge on any atom is -0.492 e. The van der Waals surface area contributed by atoms with Gasteiger partial charge in [-0.3, -0.25) is 23.9 Å². The third-order valence-electron chi connectivity index (χ3n) is 8.30. The van der Waals surface area contributed by atoms with E-state index in [1.54, 1.807) is 47.9 Å². The van der Waals surface area contributed by atoms with Crippen molar-refractivity contribution in [2.75, 3.05) is 39.4 Å². The van der Waals surface area contributed by atoms with Gasteiger partial charge in [-0.15, -0.1) is 0 Å². The fourth-order valence-corrected chi connectivity index (χ4v) is 5.80. The number of aromatic amines is 1. The molecule has 1 spiro atoms.